The third-order valence-electron chi connectivity index (χ3n) is 6.90. The van der Waals surface area contributed by atoms with E-state index in [9.17, 15) is 19.5 Å². The van der Waals surface area contributed by atoms with E-state index < -0.39 is 23.5 Å². The molecular weight excluding hydrogens is 612 g/mol. The Bertz CT molecular complexity index is 1980. The molecular formula is C31H27ClN2O9S. The van der Waals surface area contributed by atoms with Gasteiger partial charge in [-0.05, 0) is 55.8 Å². The van der Waals surface area contributed by atoms with Gasteiger partial charge in [-0.15, -0.1) is 0 Å². The van der Waals surface area contributed by atoms with E-state index in [0.29, 0.717) is 54.9 Å². The van der Waals surface area contributed by atoms with Gasteiger partial charge in [0, 0.05) is 11.6 Å². The van der Waals surface area contributed by atoms with Crippen molar-refractivity contribution in [2.24, 2.45) is 4.99 Å². The number of nitrogens with zero attached hydrogens (tertiary/aromatic N) is 2. The van der Waals surface area contributed by atoms with E-state index in [1.165, 1.54) is 38.0 Å². The van der Waals surface area contributed by atoms with Gasteiger partial charge in [-0.1, -0.05) is 29.0 Å². The second-order valence-electron chi connectivity index (χ2n) is 9.46. The average molecular weight is 639 g/mol. The summed E-state index contributed by atoms with van der Waals surface area (Å²) < 4.78 is 29.6. The summed E-state index contributed by atoms with van der Waals surface area (Å²) in [5.74, 6) is 0.112. The number of aromatic nitrogens is 1. The molecule has 5 rings (SSSR count). The summed E-state index contributed by atoms with van der Waals surface area (Å²) in [6, 6.07) is 10.3. The first kappa shape index (κ1) is 30.6. The van der Waals surface area contributed by atoms with Crippen LogP contribution in [0.3, 0.4) is 0 Å². The number of halogens is 1. The number of carboxylic acid groups (broad SMARTS) is 1. The SMILES string of the molecule is CCOC(=O)C1=C(C)N=c2s/c(=C\c3ccc(-c4ccc(C(=O)O)c(Cl)c4)o3)c(=O)n2[C@H]1c1cc(OC)c(OC)c(OC)c1. The van der Waals surface area contributed by atoms with Gasteiger partial charge in [-0.25, -0.2) is 14.6 Å². The van der Waals surface area contributed by atoms with E-state index in [1.807, 2.05) is 0 Å². The summed E-state index contributed by atoms with van der Waals surface area (Å²) in [6.45, 7) is 3.52. The van der Waals surface area contributed by atoms with Gasteiger partial charge >= 0.3 is 11.9 Å². The molecule has 0 amide bonds. The second-order valence-corrected chi connectivity index (χ2v) is 10.9. The third-order valence-corrected chi connectivity index (χ3v) is 8.20. The number of thiazole rings is 1. The molecule has 0 radical (unpaired) electrons. The van der Waals surface area contributed by atoms with Crippen LogP contribution in [0.2, 0.25) is 5.02 Å². The summed E-state index contributed by atoms with van der Waals surface area (Å²) in [5.41, 5.74) is 1.25. The maximum absolute atomic E-state index is 14.0. The summed E-state index contributed by atoms with van der Waals surface area (Å²) >= 11 is 7.27. The number of ether oxygens (including phenoxy) is 4. The van der Waals surface area contributed by atoms with Crippen LogP contribution < -0.4 is 29.1 Å². The van der Waals surface area contributed by atoms with Gasteiger partial charge in [0.15, 0.2) is 16.3 Å². The second kappa shape index (κ2) is 12.4. The fourth-order valence-corrected chi connectivity index (χ4v) is 6.21. The molecule has 0 saturated heterocycles. The van der Waals surface area contributed by atoms with E-state index in [0.717, 1.165) is 11.3 Å². The van der Waals surface area contributed by atoms with Gasteiger partial charge < -0.3 is 28.5 Å². The number of fused-ring (bicyclic) bond motifs is 1. The van der Waals surface area contributed by atoms with Gasteiger partial charge in [-0.3, -0.25) is 9.36 Å². The van der Waals surface area contributed by atoms with Crippen LogP contribution in [0, 0.1) is 0 Å². The van der Waals surface area contributed by atoms with Crippen LogP contribution in [0.25, 0.3) is 17.4 Å². The van der Waals surface area contributed by atoms with Crippen molar-refractivity contribution in [3.63, 3.8) is 0 Å². The Morgan fingerprint density at radius 1 is 1.09 bits per heavy atom. The van der Waals surface area contributed by atoms with Gasteiger partial charge in [-0.2, -0.15) is 0 Å². The number of hydrogen-bond acceptors (Lipinski definition) is 10. The molecule has 2 aromatic carbocycles. The van der Waals surface area contributed by atoms with E-state index >= 15 is 0 Å². The van der Waals surface area contributed by atoms with Crippen LogP contribution in [0.15, 0.2) is 67.9 Å². The minimum absolute atomic E-state index is 0.0255. The minimum atomic E-state index is -1.14. The van der Waals surface area contributed by atoms with Crippen molar-refractivity contribution in [3.05, 3.63) is 95.3 Å². The molecule has 1 aliphatic rings. The zero-order valence-electron chi connectivity index (χ0n) is 24.3. The number of benzene rings is 2. The zero-order chi connectivity index (χ0) is 31.7. The molecule has 1 aliphatic heterocycles. The van der Waals surface area contributed by atoms with Crippen LogP contribution >= 0.6 is 22.9 Å². The minimum Gasteiger partial charge on any atom is -0.493 e. The monoisotopic (exact) mass is 638 g/mol. The fraction of sp³-hybridized carbons (Fsp3) is 0.226. The smallest absolute Gasteiger partial charge is 0.338 e. The third kappa shape index (κ3) is 5.49. The van der Waals surface area contributed by atoms with Crippen molar-refractivity contribution >= 4 is 41.0 Å². The Morgan fingerprint density at radius 2 is 1.80 bits per heavy atom. The molecule has 44 heavy (non-hydrogen) atoms. The largest absolute Gasteiger partial charge is 0.493 e. The Kier molecular flexibility index (Phi) is 8.66. The highest BCUT2D eigenvalue weighted by atomic mass is 35.5. The highest BCUT2D eigenvalue weighted by Gasteiger charge is 2.34. The molecule has 2 aromatic heterocycles. The first-order valence-corrected chi connectivity index (χ1v) is 14.4. The first-order chi connectivity index (χ1) is 21.1. The van der Waals surface area contributed by atoms with Crippen LogP contribution in [0.5, 0.6) is 17.2 Å². The van der Waals surface area contributed by atoms with Crippen LogP contribution in [0.4, 0.5) is 0 Å². The van der Waals surface area contributed by atoms with Crippen molar-refractivity contribution < 1.29 is 38.1 Å². The number of esters is 1. The molecule has 1 atom stereocenters. The predicted octanol–water partition coefficient (Wildman–Crippen LogP) is 4.44. The van der Waals surface area contributed by atoms with E-state index in [2.05, 4.69) is 4.99 Å². The van der Waals surface area contributed by atoms with Crippen molar-refractivity contribution in [2.75, 3.05) is 27.9 Å². The Hall–Kier alpha value is -4.81. The van der Waals surface area contributed by atoms with E-state index in [1.54, 1.807) is 50.3 Å². The number of carbonyl (C=O) groups excluding carboxylic acids is 1. The van der Waals surface area contributed by atoms with Crippen LogP contribution in [-0.2, 0) is 9.53 Å². The quantitative estimate of drug-likeness (QED) is 0.264. The van der Waals surface area contributed by atoms with Gasteiger partial charge in [0.25, 0.3) is 5.56 Å². The summed E-state index contributed by atoms with van der Waals surface area (Å²) in [5, 5.41) is 9.32. The van der Waals surface area contributed by atoms with Crippen molar-refractivity contribution in [1.82, 2.24) is 4.57 Å². The molecule has 228 valence electrons. The Labute approximate surface area is 259 Å². The van der Waals surface area contributed by atoms with Crippen molar-refractivity contribution in [2.45, 2.75) is 19.9 Å². The molecule has 0 bridgehead atoms. The number of allylic oxidation sites excluding steroid dienone is 1. The Morgan fingerprint density at radius 3 is 2.39 bits per heavy atom. The lowest BCUT2D eigenvalue weighted by atomic mass is 9.95. The average Bonchev–Trinajstić information content (AvgIpc) is 3.59. The highest BCUT2D eigenvalue weighted by molar-refractivity contribution is 7.07. The maximum Gasteiger partial charge on any atom is 0.338 e. The number of furan rings is 1. The molecule has 0 spiro atoms. The molecule has 0 aliphatic carbocycles. The van der Waals surface area contributed by atoms with Crippen molar-refractivity contribution in [3.8, 4) is 28.6 Å². The standard InChI is InChI=1S/C31H27ClN2O9S/c1-6-42-30(38)25-15(2)33-31-34(26(25)17-12-22(39-3)27(41-5)23(13-17)40-4)28(35)24(44-31)14-18-8-10-21(43-18)16-7-9-19(29(36)37)20(32)11-16/h7-14,26H,6H2,1-5H3,(H,36,37)/b24-14-/t26-/m0/s1. The van der Waals surface area contributed by atoms with E-state index in [-0.39, 0.29) is 22.8 Å². The number of rotatable bonds is 9. The molecule has 0 saturated carbocycles. The Balaban J connectivity index is 1.66. The van der Waals surface area contributed by atoms with Crippen molar-refractivity contribution in [1.29, 1.82) is 0 Å². The number of carbonyl (C=O) groups is 2. The zero-order valence-corrected chi connectivity index (χ0v) is 25.9. The number of carboxylic acids is 1. The summed E-state index contributed by atoms with van der Waals surface area (Å²) in [7, 11) is 4.44. The predicted molar refractivity (Wildman–Crippen MR) is 163 cm³/mol. The van der Waals surface area contributed by atoms with Gasteiger partial charge in [0.2, 0.25) is 5.75 Å². The first-order valence-electron chi connectivity index (χ1n) is 13.2. The fourth-order valence-electron chi connectivity index (χ4n) is 4.92. The number of methoxy groups -OCH3 is 3. The normalized spacial score (nSPS) is 14.6. The maximum atomic E-state index is 14.0. The topological polar surface area (TPSA) is 139 Å². The van der Waals surface area contributed by atoms with Crippen LogP contribution in [0.1, 0.15) is 41.6 Å². The molecule has 0 unspecified atom stereocenters. The van der Waals surface area contributed by atoms with Crippen LogP contribution in [-0.4, -0.2) is 49.5 Å². The molecule has 1 N–H and O–H groups in total. The lowest BCUT2D eigenvalue weighted by molar-refractivity contribution is -0.139. The molecule has 3 heterocycles. The number of hydrogen-bond donors (Lipinski definition) is 1. The van der Waals surface area contributed by atoms with Gasteiger partial charge in [0.05, 0.1) is 60.4 Å². The lowest BCUT2D eigenvalue weighted by Crippen LogP contribution is -2.40. The van der Waals surface area contributed by atoms with Gasteiger partial charge in [0.1, 0.15) is 11.5 Å². The highest BCUT2D eigenvalue weighted by Crippen LogP contribution is 2.42. The lowest BCUT2D eigenvalue weighted by Gasteiger charge is -2.26. The molecule has 11 nitrogen and oxygen atoms in total. The molecule has 0 fully saturated rings. The molecule has 4 aromatic rings. The summed E-state index contributed by atoms with van der Waals surface area (Å²) in [6.07, 6.45) is 1.58. The van der Waals surface area contributed by atoms with E-state index in [4.69, 9.17) is 35.0 Å². The summed E-state index contributed by atoms with van der Waals surface area (Å²) in [4.78, 5) is 43.5. The molecule has 13 heteroatoms. The number of aromatic carboxylic acids is 1.